The van der Waals surface area contributed by atoms with Gasteiger partial charge in [0.1, 0.15) is 0 Å². The highest BCUT2D eigenvalue weighted by molar-refractivity contribution is 5.85. The average Bonchev–Trinajstić information content (AvgIpc) is 2.39. The zero-order chi connectivity index (χ0) is 11.4. The van der Waals surface area contributed by atoms with Gasteiger partial charge >= 0.3 is 0 Å². The molecule has 0 radical (unpaired) electrons. The van der Waals surface area contributed by atoms with Crippen LogP contribution in [0.15, 0.2) is 18.5 Å². The van der Waals surface area contributed by atoms with E-state index in [1.807, 2.05) is 0 Å². The molecule has 2 heterocycles. The molecule has 0 atom stereocenters. The molecule has 3 N–H and O–H groups in total. The van der Waals surface area contributed by atoms with E-state index in [9.17, 15) is 4.79 Å². The standard InChI is InChI=1S/C10H15N5O.ClH/c11-14-9(16)8-2-6-15(7-3-8)10-12-4-1-5-13-10;/h1,4-5,8H,2-3,6-7,11H2,(H,14,16);1H. The Balaban J connectivity index is 0.00000144. The molecule has 0 aliphatic carbocycles. The van der Waals surface area contributed by atoms with Gasteiger partial charge in [0.25, 0.3) is 0 Å². The second kappa shape index (κ2) is 6.36. The summed E-state index contributed by atoms with van der Waals surface area (Å²) in [7, 11) is 0. The van der Waals surface area contributed by atoms with Crippen molar-refractivity contribution in [2.45, 2.75) is 12.8 Å². The summed E-state index contributed by atoms with van der Waals surface area (Å²) < 4.78 is 0. The number of piperidine rings is 1. The number of amides is 1. The Morgan fingerprint density at radius 2 is 1.94 bits per heavy atom. The van der Waals surface area contributed by atoms with Gasteiger partial charge in [-0.15, -0.1) is 12.4 Å². The van der Waals surface area contributed by atoms with Crippen molar-refractivity contribution in [3.8, 4) is 0 Å². The van der Waals surface area contributed by atoms with Crippen molar-refractivity contribution in [1.29, 1.82) is 0 Å². The molecule has 7 heteroatoms. The molecule has 0 unspecified atom stereocenters. The lowest BCUT2D eigenvalue weighted by molar-refractivity contribution is -0.125. The van der Waals surface area contributed by atoms with Crippen LogP contribution in [0.1, 0.15) is 12.8 Å². The minimum absolute atomic E-state index is 0. The molecule has 0 saturated carbocycles. The zero-order valence-electron chi connectivity index (χ0n) is 9.37. The van der Waals surface area contributed by atoms with Crippen LogP contribution in [0.3, 0.4) is 0 Å². The first-order valence-electron chi connectivity index (χ1n) is 5.33. The first-order valence-corrected chi connectivity index (χ1v) is 5.33. The van der Waals surface area contributed by atoms with E-state index in [-0.39, 0.29) is 24.2 Å². The highest BCUT2D eigenvalue weighted by Gasteiger charge is 2.25. The highest BCUT2D eigenvalue weighted by Crippen LogP contribution is 2.19. The van der Waals surface area contributed by atoms with Crippen molar-refractivity contribution < 1.29 is 4.79 Å². The van der Waals surface area contributed by atoms with Gasteiger partial charge < -0.3 is 4.90 Å². The Morgan fingerprint density at radius 1 is 1.35 bits per heavy atom. The van der Waals surface area contributed by atoms with E-state index in [2.05, 4.69) is 20.3 Å². The van der Waals surface area contributed by atoms with Crippen molar-refractivity contribution in [3.63, 3.8) is 0 Å². The molecule has 0 aromatic carbocycles. The van der Waals surface area contributed by atoms with Crippen molar-refractivity contribution in [2.75, 3.05) is 18.0 Å². The molecule has 1 aliphatic rings. The fraction of sp³-hybridized carbons (Fsp3) is 0.500. The van der Waals surface area contributed by atoms with Gasteiger partial charge in [0.2, 0.25) is 11.9 Å². The number of rotatable bonds is 2. The number of aromatic nitrogens is 2. The zero-order valence-corrected chi connectivity index (χ0v) is 10.2. The van der Waals surface area contributed by atoms with Gasteiger partial charge in [-0.2, -0.15) is 0 Å². The number of halogens is 1. The summed E-state index contributed by atoms with van der Waals surface area (Å²) in [4.78, 5) is 21.8. The molecule has 1 aromatic heterocycles. The van der Waals surface area contributed by atoms with Gasteiger partial charge in [-0.1, -0.05) is 0 Å². The molecule has 1 saturated heterocycles. The second-order valence-corrected chi connectivity index (χ2v) is 3.82. The topological polar surface area (TPSA) is 84.1 Å². The van der Waals surface area contributed by atoms with Crippen LogP contribution in [0.25, 0.3) is 0 Å². The normalized spacial score (nSPS) is 16.2. The maximum absolute atomic E-state index is 11.3. The third-order valence-electron chi connectivity index (χ3n) is 2.84. The number of hydrazine groups is 1. The quantitative estimate of drug-likeness (QED) is 0.446. The Kier molecular flexibility index (Phi) is 5.11. The van der Waals surface area contributed by atoms with Crippen molar-refractivity contribution in [1.82, 2.24) is 15.4 Å². The Bertz CT molecular complexity index is 353. The number of carbonyl (C=O) groups excluding carboxylic acids is 1. The van der Waals surface area contributed by atoms with E-state index in [0.29, 0.717) is 0 Å². The summed E-state index contributed by atoms with van der Waals surface area (Å²) >= 11 is 0. The molecular formula is C10H16ClN5O. The SMILES string of the molecule is Cl.NNC(=O)C1CCN(c2ncccn2)CC1. The van der Waals surface area contributed by atoms with Gasteiger partial charge in [-0.05, 0) is 18.9 Å². The summed E-state index contributed by atoms with van der Waals surface area (Å²) in [5, 5.41) is 0. The molecular weight excluding hydrogens is 242 g/mol. The molecule has 0 spiro atoms. The maximum Gasteiger partial charge on any atom is 0.237 e. The van der Waals surface area contributed by atoms with E-state index in [1.54, 1.807) is 18.5 Å². The number of nitrogens with zero attached hydrogens (tertiary/aromatic N) is 3. The fourth-order valence-electron chi connectivity index (χ4n) is 1.91. The van der Waals surface area contributed by atoms with Gasteiger partial charge in [0.05, 0.1) is 0 Å². The van der Waals surface area contributed by atoms with Crippen LogP contribution >= 0.6 is 12.4 Å². The summed E-state index contributed by atoms with van der Waals surface area (Å²) in [6, 6.07) is 1.79. The van der Waals surface area contributed by atoms with Crippen LogP contribution in [0.2, 0.25) is 0 Å². The minimum atomic E-state index is -0.0753. The van der Waals surface area contributed by atoms with E-state index in [0.717, 1.165) is 31.9 Å². The molecule has 1 aliphatic heterocycles. The number of anilines is 1. The average molecular weight is 258 g/mol. The number of hydrogen-bond acceptors (Lipinski definition) is 5. The monoisotopic (exact) mass is 257 g/mol. The predicted octanol–water partition coefficient (Wildman–Crippen LogP) is 0.105. The number of hydrogen-bond donors (Lipinski definition) is 2. The fourth-order valence-corrected chi connectivity index (χ4v) is 1.91. The van der Waals surface area contributed by atoms with Crippen LogP contribution in [0, 0.1) is 5.92 Å². The van der Waals surface area contributed by atoms with E-state index in [1.165, 1.54) is 0 Å². The molecule has 2 rings (SSSR count). The first kappa shape index (κ1) is 13.7. The van der Waals surface area contributed by atoms with Crippen molar-refractivity contribution in [2.24, 2.45) is 11.8 Å². The number of nitrogens with two attached hydrogens (primary N) is 1. The largest absolute Gasteiger partial charge is 0.341 e. The Hall–Kier alpha value is -1.40. The third kappa shape index (κ3) is 3.28. The van der Waals surface area contributed by atoms with E-state index in [4.69, 9.17) is 5.84 Å². The van der Waals surface area contributed by atoms with E-state index >= 15 is 0 Å². The minimum Gasteiger partial charge on any atom is -0.341 e. The molecule has 6 nitrogen and oxygen atoms in total. The summed E-state index contributed by atoms with van der Waals surface area (Å²) in [6.45, 7) is 1.59. The summed E-state index contributed by atoms with van der Waals surface area (Å²) in [5.41, 5.74) is 2.20. The summed E-state index contributed by atoms with van der Waals surface area (Å²) in [5.74, 6) is 5.78. The lowest BCUT2D eigenvalue weighted by Gasteiger charge is -2.30. The number of carbonyl (C=O) groups is 1. The highest BCUT2D eigenvalue weighted by atomic mass is 35.5. The molecule has 17 heavy (non-hydrogen) atoms. The number of nitrogens with one attached hydrogen (secondary N) is 1. The molecule has 1 amide bonds. The molecule has 1 aromatic rings. The Labute approximate surface area is 106 Å². The van der Waals surface area contributed by atoms with Gasteiger partial charge in [0.15, 0.2) is 0 Å². The third-order valence-corrected chi connectivity index (χ3v) is 2.84. The molecule has 1 fully saturated rings. The van der Waals surface area contributed by atoms with Gasteiger partial charge in [0, 0.05) is 31.4 Å². The smallest absolute Gasteiger partial charge is 0.237 e. The predicted molar refractivity (Wildman–Crippen MR) is 66.5 cm³/mol. The molecule has 94 valence electrons. The van der Waals surface area contributed by atoms with Crippen molar-refractivity contribution >= 4 is 24.3 Å². The van der Waals surface area contributed by atoms with Crippen LogP contribution in [-0.2, 0) is 4.79 Å². The summed E-state index contributed by atoms with van der Waals surface area (Å²) in [6.07, 6.45) is 5.03. The van der Waals surface area contributed by atoms with E-state index < -0.39 is 0 Å². The van der Waals surface area contributed by atoms with Gasteiger partial charge in [-0.25, -0.2) is 15.8 Å². The van der Waals surface area contributed by atoms with Crippen LogP contribution < -0.4 is 16.2 Å². The maximum atomic E-state index is 11.3. The van der Waals surface area contributed by atoms with Crippen LogP contribution in [0.4, 0.5) is 5.95 Å². The second-order valence-electron chi connectivity index (χ2n) is 3.82. The van der Waals surface area contributed by atoms with Crippen LogP contribution in [-0.4, -0.2) is 29.0 Å². The van der Waals surface area contributed by atoms with Gasteiger partial charge in [-0.3, -0.25) is 10.2 Å². The lowest BCUT2D eigenvalue weighted by Crippen LogP contribution is -2.43. The first-order chi connectivity index (χ1) is 7.81. The Morgan fingerprint density at radius 3 is 2.47 bits per heavy atom. The van der Waals surface area contributed by atoms with Crippen LogP contribution in [0.5, 0.6) is 0 Å². The molecule has 0 bridgehead atoms. The lowest BCUT2D eigenvalue weighted by atomic mass is 9.96. The van der Waals surface area contributed by atoms with Crippen molar-refractivity contribution in [3.05, 3.63) is 18.5 Å².